The number of fused-ring (bicyclic) bond motifs is 1. The highest BCUT2D eigenvalue weighted by Crippen LogP contribution is 2.36. The molecule has 1 aromatic carbocycles. The molecule has 2 aliphatic rings. The Labute approximate surface area is 181 Å². The minimum atomic E-state index is -0.212. The van der Waals surface area contributed by atoms with Crippen LogP contribution in [-0.2, 0) is 4.74 Å². The van der Waals surface area contributed by atoms with Crippen LogP contribution in [0.4, 0.5) is 0 Å². The van der Waals surface area contributed by atoms with E-state index in [1.807, 2.05) is 12.1 Å². The van der Waals surface area contributed by atoms with Crippen molar-refractivity contribution in [2.24, 2.45) is 11.8 Å². The molecule has 2 unspecified atom stereocenters. The van der Waals surface area contributed by atoms with Gasteiger partial charge >= 0.3 is 5.97 Å². The number of rotatable bonds is 6. The molecule has 0 bridgehead atoms. The van der Waals surface area contributed by atoms with Gasteiger partial charge in [-0.1, -0.05) is 13.8 Å². The minimum Gasteiger partial charge on any atom is -1.00 e. The topological polar surface area (TPSA) is 35.5 Å². The normalized spacial score (nSPS) is 27.4. The lowest BCUT2D eigenvalue weighted by molar-refractivity contribution is -0.947. The Hall–Kier alpha value is -0.820. The maximum absolute atomic E-state index is 12.4. The average molecular weight is 487 g/mol. The first-order valence-corrected chi connectivity index (χ1v) is 10.2. The van der Waals surface area contributed by atoms with E-state index in [0.29, 0.717) is 36.7 Å². The first-order chi connectivity index (χ1) is 12.5. The molecule has 2 fully saturated rings. The molecule has 2 saturated heterocycles. The Balaban J connectivity index is 0.00000261. The number of halogens is 1. The third kappa shape index (κ3) is 5.83. The fourth-order valence-corrected chi connectivity index (χ4v) is 4.64. The smallest absolute Gasteiger partial charge is 0.338 e. The van der Waals surface area contributed by atoms with Crippen LogP contribution >= 0.6 is 0 Å². The van der Waals surface area contributed by atoms with Gasteiger partial charge in [0, 0.05) is 12.3 Å². The highest BCUT2D eigenvalue weighted by atomic mass is 127. The van der Waals surface area contributed by atoms with Crippen LogP contribution in [-0.4, -0.2) is 49.8 Å². The lowest BCUT2D eigenvalue weighted by atomic mass is 9.82. The third-order valence-corrected chi connectivity index (χ3v) is 6.11. The summed E-state index contributed by atoms with van der Waals surface area (Å²) < 4.78 is 12.6. The van der Waals surface area contributed by atoms with E-state index in [1.165, 1.54) is 49.7 Å². The molecule has 27 heavy (non-hydrogen) atoms. The standard InChI is InChI=1S/C22H34NO3.HI/c1-17(2)15-25-20-11-9-18(10-12-20)22(24)26-16-19-7-6-14-23(3)13-5-4-8-21(19)23;/h9-12,17,19,21H,4-8,13-16H2,1-3H3;1H/q+1;/p-1/t19-,21?,23?;/m0./s1. The summed E-state index contributed by atoms with van der Waals surface area (Å²) in [6.45, 7) is 8.05. The second-order valence-electron chi connectivity index (χ2n) is 8.72. The van der Waals surface area contributed by atoms with Crippen LogP contribution in [0.3, 0.4) is 0 Å². The summed E-state index contributed by atoms with van der Waals surface area (Å²) >= 11 is 0. The van der Waals surface area contributed by atoms with Gasteiger partial charge in [-0.05, 0) is 55.9 Å². The molecule has 0 N–H and O–H groups in total. The van der Waals surface area contributed by atoms with Gasteiger partial charge in [-0.2, -0.15) is 0 Å². The second-order valence-corrected chi connectivity index (χ2v) is 8.72. The lowest BCUT2D eigenvalue weighted by Crippen LogP contribution is -3.00. The summed E-state index contributed by atoms with van der Waals surface area (Å²) in [6, 6.07) is 7.99. The minimum absolute atomic E-state index is 0. The number of nitrogens with zero attached hydrogens (tertiary/aromatic N) is 1. The molecule has 0 saturated carbocycles. The Morgan fingerprint density at radius 2 is 1.81 bits per heavy atom. The molecule has 3 rings (SSSR count). The van der Waals surface area contributed by atoms with Gasteiger partial charge in [0.15, 0.2) is 0 Å². The van der Waals surface area contributed by atoms with Crippen molar-refractivity contribution in [2.75, 3.05) is 33.4 Å². The van der Waals surface area contributed by atoms with Crippen LogP contribution in [0.5, 0.6) is 5.75 Å². The Bertz CT molecular complexity index is 600. The van der Waals surface area contributed by atoms with Gasteiger partial charge in [-0.15, -0.1) is 0 Å². The number of hydrogen-bond acceptors (Lipinski definition) is 3. The molecule has 1 aromatic rings. The van der Waals surface area contributed by atoms with E-state index in [0.717, 1.165) is 5.75 Å². The fourth-order valence-electron chi connectivity index (χ4n) is 4.64. The first kappa shape index (κ1) is 22.5. The van der Waals surface area contributed by atoms with Crippen LogP contribution < -0.4 is 28.7 Å². The van der Waals surface area contributed by atoms with Gasteiger partial charge in [0.05, 0.1) is 38.3 Å². The molecule has 0 aromatic heterocycles. The van der Waals surface area contributed by atoms with Crippen molar-refractivity contribution in [1.82, 2.24) is 0 Å². The molecular weight excluding hydrogens is 453 g/mol. The summed E-state index contributed by atoms with van der Waals surface area (Å²) in [6.07, 6.45) is 6.37. The molecule has 152 valence electrons. The number of esters is 1. The Morgan fingerprint density at radius 1 is 1.11 bits per heavy atom. The number of benzene rings is 1. The van der Waals surface area contributed by atoms with Crippen LogP contribution in [0.2, 0.25) is 0 Å². The van der Waals surface area contributed by atoms with Crippen LogP contribution in [0.15, 0.2) is 24.3 Å². The van der Waals surface area contributed by atoms with E-state index in [2.05, 4.69) is 20.9 Å². The summed E-state index contributed by atoms with van der Waals surface area (Å²) in [5, 5.41) is 0. The molecule has 4 nitrogen and oxygen atoms in total. The van der Waals surface area contributed by atoms with Crippen molar-refractivity contribution in [2.45, 2.75) is 52.0 Å². The number of ether oxygens (including phenoxy) is 2. The molecule has 5 heteroatoms. The van der Waals surface area contributed by atoms with Crippen LogP contribution in [0, 0.1) is 11.8 Å². The van der Waals surface area contributed by atoms with E-state index in [-0.39, 0.29) is 29.9 Å². The van der Waals surface area contributed by atoms with Crippen LogP contribution in [0.25, 0.3) is 0 Å². The summed E-state index contributed by atoms with van der Waals surface area (Å²) in [4.78, 5) is 12.4. The number of quaternary nitrogens is 1. The molecule has 0 radical (unpaired) electrons. The third-order valence-electron chi connectivity index (χ3n) is 6.11. The molecule has 2 aliphatic heterocycles. The van der Waals surface area contributed by atoms with E-state index >= 15 is 0 Å². The largest absolute Gasteiger partial charge is 1.00 e. The van der Waals surface area contributed by atoms with Crippen molar-refractivity contribution < 1.29 is 42.7 Å². The molecule has 3 atom stereocenters. The molecule has 0 spiro atoms. The zero-order chi connectivity index (χ0) is 18.6. The molecular formula is C22H34INO3. The van der Waals surface area contributed by atoms with E-state index in [1.54, 1.807) is 12.1 Å². The summed E-state index contributed by atoms with van der Waals surface area (Å²) in [5.74, 6) is 1.58. The van der Waals surface area contributed by atoms with Gasteiger partial charge in [0.1, 0.15) is 12.4 Å². The van der Waals surface area contributed by atoms with E-state index < -0.39 is 0 Å². The lowest BCUT2D eigenvalue weighted by Gasteiger charge is -2.51. The van der Waals surface area contributed by atoms with Crippen molar-refractivity contribution in [1.29, 1.82) is 0 Å². The predicted octanol–water partition coefficient (Wildman–Crippen LogP) is 1.29. The SMILES string of the molecule is CC(C)COc1ccc(C(=O)OC[C@@H]2CCC[N+]3(C)CCCCC23)cc1.[I-]. The van der Waals surface area contributed by atoms with Gasteiger partial charge in [0.25, 0.3) is 0 Å². The number of carbonyl (C=O) groups excluding carboxylic acids is 1. The maximum Gasteiger partial charge on any atom is 0.338 e. The first-order valence-electron chi connectivity index (χ1n) is 10.2. The molecule has 0 amide bonds. The van der Waals surface area contributed by atoms with Gasteiger partial charge in [0.2, 0.25) is 0 Å². The van der Waals surface area contributed by atoms with E-state index in [9.17, 15) is 4.79 Å². The number of piperidine rings is 2. The van der Waals surface area contributed by atoms with Crippen molar-refractivity contribution in [3.05, 3.63) is 29.8 Å². The summed E-state index contributed by atoms with van der Waals surface area (Å²) in [5.41, 5.74) is 0.610. The molecule has 0 aliphatic carbocycles. The summed E-state index contributed by atoms with van der Waals surface area (Å²) in [7, 11) is 2.40. The molecule has 2 heterocycles. The highest BCUT2D eigenvalue weighted by Gasteiger charge is 2.43. The quantitative estimate of drug-likeness (QED) is 0.345. The second kappa shape index (κ2) is 10.1. The number of hydrogen-bond donors (Lipinski definition) is 0. The number of carbonyl (C=O) groups is 1. The van der Waals surface area contributed by atoms with Gasteiger partial charge < -0.3 is 37.9 Å². The van der Waals surface area contributed by atoms with Gasteiger partial charge in [-0.3, -0.25) is 0 Å². The van der Waals surface area contributed by atoms with Crippen molar-refractivity contribution >= 4 is 5.97 Å². The maximum atomic E-state index is 12.4. The van der Waals surface area contributed by atoms with Gasteiger partial charge in [-0.25, -0.2) is 4.79 Å². The fraction of sp³-hybridized carbons (Fsp3) is 0.682. The highest BCUT2D eigenvalue weighted by molar-refractivity contribution is 5.89. The average Bonchev–Trinajstić information content (AvgIpc) is 2.64. The zero-order valence-electron chi connectivity index (χ0n) is 17.0. The Morgan fingerprint density at radius 3 is 2.52 bits per heavy atom. The predicted molar refractivity (Wildman–Crippen MR) is 103 cm³/mol. The van der Waals surface area contributed by atoms with E-state index in [4.69, 9.17) is 9.47 Å². The van der Waals surface area contributed by atoms with Crippen LogP contribution in [0.1, 0.15) is 56.3 Å². The van der Waals surface area contributed by atoms with Crippen molar-refractivity contribution in [3.8, 4) is 5.75 Å². The zero-order valence-corrected chi connectivity index (χ0v) is 19.1. The monoisotopic (exact) mass is 487 g/mol. The Kier molecular flexibility index (Phi) is 8.40. The van der Waals surface area contributed by atoms with Crippen molar-refractivity contribution in [3.63, 3.8) is 0 Å².